The Labute approximate surface area is 119 Å². The van der Waals surface area contributed by atoms with Crippen LogP contribution in [-0.4, -0.2) is 23.2 Å². The Morgan fingerprint density at radius 1 is 1.35 bits per heavy atom. The first kappa shape index (κ1) is 13.0. The third-order valence-electron chi connectivity index (χ3n) is 3.71. The van der Waals surface area contributed by atoms with E-state index in [-0.39, 0.29) is 6.61 Å². The summed E-state index contributed by atoms with van der Waals surface area (Å²) in [5.41, 5.74) is 2.69. The second-order valence-electron chi connectivity index (χ2n) is 5.34. The van der Waals surface area contributed by atoms with Crippen LogP contribution in [0.5, 0.6) is 0 Å². The van der Waals surface area contributed by atoms with Crippen LogP contribution < -0.4 is 4.90 Å². The zero-order valence-corrected chi connectivity index (χ0v) is 11.4. The van der Waals surface area contributed by atoms with Gasteiger partial charge in [-0.2, -0.15) is 0 Å². The lowest BCUT2D eigenvalue weighted by molar-refractivity contribution is 0.277. The van der Waals surface area contributed by atoms with Crippen LogP contribution >= 0.6 is 0 Å². The van der Waals surface area contributed by atoms with Gasteiger partial charge in [-0.1, -0.05) is 24.1 Å². The van der Waals surface area contributed by atoms with Gasteiger partial charge in [0.05, 0.1) is 24.4 Å². The van der Waals surface area contributed by atoms with E-state index in [0.717, 1.165) is 29.1 Å². The standard InChI is InChI=1S/C17H18N2O/c1-2-9-19(11-13-7-8-13)17-10-14(12-20)18-16-6-4-3-5-15(16)17/h1,3-6,10,13,20H,7-9,11-12H2. The van der Waals surface area contributed by atoms with Gasteiger partial charge < -0.3 is 10.0 Å². The molecule has 0 saturated heterocycles. The number of aliphatic hydroxyl groups excluding tert-OH is 1. The number of nitrogens with zero attached hydrogens (tertiary/aromatic N) is 2. The lowest BCUT2D eigenvalue weighted by Crippen LogP contribution is -2.26. The highest BCUT2D eigenvalue weighted by atomic mass is 16.3. The second-order valence-corrected chi connectivity index (χ2v) is 5.34. The summed E-state index contributed by atoms with van der Waals surface area (Å²) in [6, 6.07) is 9.98. The van der Waals surface area contributed by atoms with Crippen molar-refractivity contribution in [1.29, 1.82) is 0 Å². The molecule has 3 rings (SSSR count). The number of fused-ring (bicyclic) bond motifs is 1. The van der Waals surface area contributed by atoms with E-state index in [1.807, 2.05) is 24.3 Å². The highest BCUT2D eigenvalue weighted by Gasteiger charge is 2.25. The van der Waals surface area contributed by atoms with E-state index < -0.39 is 0 Å². The summed E-state index contributed by atoms with van der Waals surface area (Å²) < 4.78 is 0. The maximum absolute atomic E-state index is 9.41. The maximum Gasteiger partial charge on any atom is 0.0854 e. The van der Waals surface area contributed by atoms with Crippen molar-refractivity contribution in [3.63, 3.8) is 0 Å². The average molecular weight is 266 g/mol. The number of para-hydroxylation sites is 1. The van der Waals surface area contributed by atoms with Gasteiger partial charge in [0, 0.05) is 17.6 Å². The summed E-state index contributed by atoms with van der Waals surface area (Å²) in [5, 5.41) is 10.5. The highest BCUT2D eigenvalue weighted by molar-refractivity contribution is 5.92. The molecule has 1 fully saturated rings. The molecular weight excluding hydrogens is 248 g/mol. The Kier molecular flexibility index (Phi) is 3.58. The van der Waals surface area contributed by atoms with Crippen molar-refractivity contribution in [3.05, 3.63) is 36.0 Å². The van der Waals surface area contributed by atoms with Gasteiger partial charge in [-0.05, 0) is 30.9 Å². The van der Waals surface area contributed by atoms with Crippen molar-refractivity contribution in [1.82, 2.24) is 4.98 Å². The van der Waals surface area contributed by atoms with Gasteiger partial charge in [0.2, 0.25) is 0 Å². The second kappa shape index (κ2) is 5.52. The van der Waals surface area contributed by atoms with Crippen LogP contribution in [0.25, 0.3) is 10.9 Å². The molecule has 3 nitrogen and oxygen atoms in total. The first-order valence-electron chi connectivity index (χ1n) is 6.99. The quantitative estimate of drug-likeness (QED) is 0.845. The normalized spacial score (nSPS) is 14.2. The minimum atomic E-state index is -0.0504. The number of benzene rings is 1. The molecule has 1 aromatic heterocycles. The van der Waals surface area contributed by atoms with Crippen LogP contribution in [0.4, 0.5) is 5.69 Å². The third-order valence-corrected chi connectivity index (χ3v) is 3.71. The fourth-order valence-electron chi connectivity index (χ4n) is 2.52. The predicted octanol–water partition coefficient (Wildman–Crippen LogP) is 2.58. The predicted molar refractivity (Wildman–Crippen MR) is 81.4 cm³/mol. The Bertz CT molecular complexity index is 656. The van der Waals surface area contributed by atoms with Gasteiger partial charge in [0.1, 0.15) is 0 Å². The Balaban J connectivity index is 2.08. The molecule has 1 saturated carbocycles. The lowest BCUT2D eigenvalue weighted by atomic mass is 10.1. The van der Waals surface area contributed by atoms with E-state index in [4.69, 9.17) is 6.42 Å². The molecule has 0 aliphatic heterocycles. The van der Waals surface area contributed by atoms with Crippen LogP contribution in [-0.2, 0) is 6.61 Å². The summed E-state index contributed by atoms with van der Waals surface area (Å²) in [6.07, 6.45) is 8.10. The molecule has 0 bridgehead atoms. The molecule has 0 unspecified atom stereocenters. The van der Waals surface area contributed by atoms with Gasteiger partial charge in [-0.25, -0.2) is 0 Å². The molecule has 1 aliphatic carbocycles. The Morgan fingerprint density at radius 3 is 2.85 bits per heavy atom. The molecule has 0 spiro atoms. The monoisotopic (exact) mass is 266 g/mol. The van der Waals surface area contributed by atoms with Crippen LogP contribution in [0.3, 0.4) is 0 Å². The number of rotatable bonds is 5. The molecule has 1 aromatic carbocycles. The largest absolute Gasteiger partial charge is 0.390 e. The fourth-order valence-corrected chi connectivity index (χ4v) is 2.52. The van der Waals surface area contributed by atoms with Crippen molar-refractivity contribution in [3.8, 4) is 12.3 Å². The molecule has 0 atom stereocenters. The van der Waals surface area contributed by atoms with Crippen LogP contribution in [0, 0.1) is 18.3 Å². The van der Waals surface area contributed by atoms with Gasteiger partial charge in [-0.3, -0.25) is 4.98 Å². The van der Waals surface area contributed by atoms with E-state index in [9.17, 15) is 5.11 Å². The summed E-state index contributed by atoms with van der Waals surface area (Å²) in [6.45, 7) is 1.53. The van der Waals surface area contributed by atoms with Crippen molar-refractivity contribution in [2.24, 2.45) is 5.92 Å². The molecule has 2 aromatic rings. The molecule has 102 valence electrons. The summed E-state index contributed by atoms with van der Waals surface area (Å²) in [5.74, 6) is 3.50. The molecule has 1 N–H and O–H groups in total. The number of pyridine rings is 1. The average Bonchev–Trinajstić information content (AvgIpc) is 3.29. The number of aliphatic hydroxyl groups is 1. The van der Waals surface area contributed by atoms with E-state index in [0.29, 0.717) is 12.2 Å². The zero-order valence-electron chi connectivity index (χ0n) is 11.4. The van der Waals surface area contributed by atoms with Crippen LogP contribution in [0.2, 0.25) is 0 Å². The molecule has 0 radical (unpaired) electrons. The minimum absolute atomic E-state index is 0.0504. The summed E-state index contributed by atoms with van der Waals surface area (Å²) in [7, 11) is 0. The number of hydrogen-bond donors (Lipinski definition) is 1. The smallest absolute Gasteiger partial charge is 0.0854 e. The summed E-state index contributed by atoms with van der Waals surface area (Å²) >= 11 is 0. The highest BCUT2D eigenvalue weighted by Crippen LogP contribution is 2.33. The van der Waals surface area contributed by atoms with Gasteiger partial charge in [0.25, 0.3) is 0 Å². The van der Waals surface area contributed by atoms with Crippen LogP contribution in [0.15, 0.2) is 30.3 Å². The van der Waals surface area contributed by atoms with Gasteiger partial charge >= 0.3 is 0 Å². The molecule has 1 heterocycles. The number of anilines is 1. The van der Waals surface area contributed by atoms with Crippen molar-refractivity contribution < 1.29 is 5.11 Å². The fraction of sp³-hybridized carbons (Fsp3) is 0.353. The third kappa shape index (κ3) is 2.61. The number of aromatic nitrogens is 1. The SMILES string of the molecule is C#CCN(CC1CC1)c1cc(CO)nc2ccccc12. The van der Waals surface area contributed by atoms with Gasteiger partial charge in [-0.15, -0.1) is 6.42 Å². The number of hydrogen-bond acceptors (Lipinski definition) is 3. The van der Waals surface area contributed by atoms with Gasteiger partial charge in [0.15, 0.2) is 0 Å². The van der Waals surface area contributed by atoms with E-state index in [1.54, 1.807) is 0 Å². The number of terminal acetylenes is 1. The molecular formula is C17H18N2O. The molecule has 0 amide bonds. The topological polar surface area (TPSA) is 36.4 Å². The van der Waals surface area contributed by atoms with Crippen molar-refractivity contribution in [2.45, 2.75) is 19.4 Å². The first-order valence-corrected chi connectivity index (χ1v) is 6.99. The van der Waals surface area contributed by atoms with Crippen LogP contribution in [0.1, 0.15) is 18.5 Å². The minimum Gasteiger partial charge on any atom is -0.390 e. The lowest BCUT2D eigenvalue weighted by Gasteiger charge is -2.24. The van der Waals surface area contributed by atoms with E-state index >= 15 is 0 Å². The molecule has 3 heteroatoms. The Morgan fingerprint density at radius 2 is 2.15 bits per heavy atom. The molecule has 20 heavy (non-hydrogen) atoms. The van der Waals surface area contributed by atoms with Crippen molar-refractivity contribution in [2.75, 3.05) is 18.0 Å². The Hall–Kier alpha value is -2.05. The van der Waals surface area contributed by atoms with E-state index in [2.05, 4.69) is 21.9 Å². The maximum atomic E-state index is 9.41. The van der Waals surface area contributed by atoms with Crippen molar-refractivity contribution >= 4 is 16.6 Å². The first-order chi connectivity index (χ1) is 9.81. The molecule has 1 aliphatic rings. The zero-order chi connectivity index (χ0) is 13.9. The summed E-state index contributed by atoms with van der Waals surface area (Å²) in [4.78, 5) is 6.70. The van der Waals surface area contributed by atoms with E-state index in [1.165, 1.54) is 12.8 Å².